The molecule has 0 bridgehead atoms. The van der Waals surface area contributed by atoms with Gasteiger partial charge in [-0.1, -0.05) is 0 Å². The van der Waals surface area contributed by atoms with Gasteiger partial charge in [-0.25, -0.2) is 23.1 Å². The molecule has 1 radical (unpaired) electrons. The van der Waals surface area contributed by atoms with E-state index in [0.717, 1.165) is 0 Å². The maximum absolute atomic E-state index is 11.9. The molecule has 0 aliphatic rings. The summed E-state index contributed by atoms with van der Waals surface area (Å²) in [4.78, 5) is 7.67. The molecular formula is C10H10CuN4O2S+2. The van der Waals surface area contributed by atoms with E-state index in [1.807, 2.05) is 0 Å². The van der Waals surface area contributed by atoms with Crippen molar-refractivity contribution in [3.05, 3.63) is 42.7 Å². The van der Waals surface area contributed by atoms with Gasteiger partial charge in [0.05, 0.1) is 4.90 Å². The van der Waals surface area contributed by atoms with E-state index in [-0.39, 0.29) is 27.9 Å². The molecule has 0 aliphatic carbocycles. The second-order valence-electron chi connectivity index (χ2n) is 3.25. The van der Waals surface area contributed by atoms with E-state index < -0.39 is 10.0 Å². The minimum atomic E-state index is -3.66. The van der Waals surface area contributed by atoms with Crippen LogP contribution in [-0.4, -0.2) is 18.4 Å². The first-order valence-corrected chi connectivity index (χ1v) is 6.22. The molecule has 8 heteroatoms. The number of anilines is 2. The molecular weight excluding hydrogens is 304 g/mol. The van der Waals surface area contributed by atoms with Gasteiger partial charge in [-0.15, -0.1) is 0 Å². The van der Waals surface area contributed by atoms with E-state index in [9.17, 15) is 8.42 Å². The number of rotatable bonds is 3. The number of sulfonamides is 1. The third-order valence-corrected chi connectivity index (χ3v) is 3.33. The molecule has 3 N–H and O–H groups in total. The minimum Gasteiger partial charge on any atom is -0.399 e. The van der Waals surface area contributed by atoms with Crippen molar-refractivity contribution in [1.29, 1.82) is 0 Å². The average Bonchev–Trinajstić information content (AvgIpc) is 2.30. The third kappa shape index (κ3) is 3.43. The smallest absolute Gasteiger partial charge is 0.399 e. The predicted octanol–water partition coefficient (Wildman–Crippen LogP) is 0.857. The van der Waals surface area contributed by atoms with Crippen LogP contribution in [0.2, 0.25) is 0 Å². The maximum Gasteiger partial charge on any atom is 2.00 e. The molecule has 0 amide bonds. The fourth-order valence-corrected chi connectivity index (χ4v) is 2.14. The van der Waals surface area contributed by atoms with Gasteiger partial charge >= 0.3 is 17.1 Å². The van der Waals surface area contributed by atoms with Crippen LogP contribution in [-0.2, 0) is 27.1 Å². The average molecular weight is 314 g/mol. The van der Waals surface area contributed by atoms with Gasteiger partial charge in [0, 0.05) is 18.1 Å². The molecule has 0 saturated heterocycles. The Morgan fingerprint density at radius 3 is 2.17 bits per heavy atom. The molecule has 2 aromatic rings. The van der Waals surface area contributed by atoms with Gasteiger partial charge in [0.25, 0.3) is 10.0 Å². The first kappa shape index (κ1) is 14.4. The second-order valence-corrected chi connectivity index (χ2v) is 4.93. The Hall–Kier alpha value is -1.63. The molecule has 1 heterocycles. The Morgan fingerprint density at radius 2 is 1.61 bits per heavy atom. The van der Waals surface area contributed by atoms with Crippen LogP contribution in [0.25, 0.3) is 0 Å². The summed E-state index contributed by atoms with van der Waals surface area (Å²) in [6, 6.07) is 7.46. The van der Waals surface area contributed by atoms with Crippen LogP contribution in [0.4, 0.5) is 11.6 Å². The summed E-state index contributed by atoms with van der Waals surface area (Å²) < 4.78 is 26.0. The monoisotopic (exact) mass is 313 g/mol. The fourth-order valence-electron chi connectivity index (χ4n) is 1.18. The molecule has 0 spiro atoms. The number of hydrogen-bond acceptors (Lipinski definition) is 5. The number of nitrogen functional groups attached to an aromatic ring is 1. The summed E-state index contributed by atoms with van der Waals surface area (Å²) in [7, 11) is -3.66. The number of nitrogens with one attached hydrogen (secondary N) is 1. The van der Waals surface area contributed by atoms with E-state index in [1.54, 1.807) is 6.07 Å². The summed E-state index contributed by atoms with van der Waals surface area (Å²) in [6.07, 6.45) is 2.90. The van der Waals surface area contributed by atoms with Crippen molar-refractivity contribution in [2.24, 2.45) is 0 Å². The zero-order chi connectivity index (χ0) is 12.3. The van der Waals surface area contributed by atoms with Crippen molar-refractivity contribution in [3.63, 3.8) is 0 Å². The summed E-state index contributed by atoms with van der Waals surface area (Å²) in [5, 5.41) is 0. The van der Waals surface area contributed by atoms with E-state index in [1.165, 1.54) is 36.7 Å². The Labute approximate surface area is 115 Å². The molecule has 97 valence electrons. The quantitative estimate of drug-likeness (QED) is 0.647. The molecule has 0 saturated carbocycles. The molecule has 1 aromatic carbocycles. The summed E-state index contributed by atoms with van der Waals surface area (Å²) >= 11 is 0. The van der Waals surface area contributed by atoms with E-state index in [0.29, 0.717) is 5.69 Å². The molecule has 2 rings (SSSR count). The molecule has 6 nitrogen and oxygen atoms in total. The maximum atomic E-state index is 11.9. The van der Waals surface area contributed by atoms with Gasteiger partial charge < -0.3 is 5.73 Å². The van der Waals surface area contributed by atoms with Crippen LogP contribution in [0, 0.1) is 0 Å². The fraction of sp³-hybridized carbons (Fsp3) is 0. The standard InChI is InChI=1S/C10H10N4O2S.Cu/c11-8-2-4-9(5-3-8)17(15,16)14-10-12-6-1-7-13-10;/h1-7H,11H2,(H,12,13,14);/q;+2. The van der Waals surface area contributed by atoms with Gasteiger partial charge in [0.1, 0.15) is 0 Å². The Balaban J connectivity index is 0.00000162. The Kier molecular flexibility index (Phi) is 4.66. The molecule has 18 heavy (non-hydrogen) atoms. The van der Waals surface area contributed by atoms with Gasteiger partial charge in [0.2, 0.25) is 5.95 Å². The van der Waals surface area contributed by atoms with Crippen LogP contribution in [0.5, 0.6) is 0 Å². The van der Waals surface area contributed by atoms with Gasteiger partial charge in [0.15, 0.2) is 0 Å². The summed E-state index contributed by atoms with van der Waals surface area (Å²) in [5.74, 6) is 0.0318. The summed E-state index contributed by atoms with van der Waals surface area (Å²) in [6.45, 7) is 0. The molecule has 1 aromatic heterocycles. The van der Waals surface area contributed by atoms with Crippen molar-refractivity contribution in [2.45, 2.75) is 4.90 Å². The Bertz CT molecular complexity index is 602. The van der Waals surface area contributed by atoms with Crippen LogP contribution < -0.4 is 10.5 Å². The van der Waals surface area contributed by atoms with Crippen LogP contribution in [0.1, 0.15) is 0 Å². The molecule has 0 unspecified atom stereocenters. The third-order valence-electron chi connectivity index (χ3n) is 1.98. The topological polar surface area (TPSA) is 98.0 Å². The van der Waals surface area contributed by atoms with Crippen molar-refractivity contribution in [1.82, 2.24) is 9.97 Å². The molecule has 0 aliphatic heterocycles. The zero-order valence-corrected chi connectivity index (χ0v) is 10.8. The van der Waals surface area contributed by atoms with E-state index in [4.69, 9.17) is 5.73 Å². The zero-order valence-electron chi connectivity index (χ0n) is 9.04. The SMILES string of the molecule is Nc1ccc(S(=O)(=O)Nc2ncccn2)cc1.[Cu+2]. The molecule has 0 fully saturated rings. The Morgan fingerprint density at radius 1 is 1.06 bits per heavy atom. The van der Waals surface area contributed by atoms with Crippen molar-refractivity contribution < 1.29 is 25.5 Å². The predicted molar refractivity (Wildman–Crippen MR) is 63.7 cm³/mol. The minimum absolute atomic E-state index is 0. The van der Waals surface area contributed by atoms with Gasteiger partial charge in [-0.2, -0.15) is 0 Å². The number of hydrogen-bond donors (Lipinski definition) is 2. The number of aromatic nitrogens is 2. The van der Waals surface area contributed by atoms with E-state index >= 15 is 0 Å². The largest absolute Gasteiger partial charge is 2.00 e. The van der Waals surface area contributed by atoms with E-state index in [2.05, 4.69) is 14.7 Å². The normalized spacial score (nSPS) is 10.4. The second kappa shape index (κ2) is 5.81. The van der Waals surface area contributed by atoms with Crippen molar-refractivity contribution in [2.75, 3.05) is 10.5 Å². The van der Waals surface area contributed by atoms with Crippen molar-refractivity contribution >= 4 is 21.7 Å². The van der Waals surface area contributed by atoms with Crippen LogP contribution in [0.3, 0.4) is 0 Å². The number of benzene rings is 1. The number of nitrogens with two attached hydrogens (primary N) is 1. The first-order chi connectivity index (χ1) is 8.08. The van der Waals surface area contributed by atoms with Gasteiger partial charge in [-0.3, -0.25) is 0 Å². The van der Waals surface area contributed by atoms with Crippen LogP contribution >= 0.6 is 0 Å². The van der Waals surface area contributed by atoms with Crippen molar-refractivity contribution in [3.8, 4) is 0 Å². The first-order valence-electron chi connectivity index (χ1n) is 4.73. The molecule has 0 atom stereocenters. The number of nitrogens with zero attached hydrogens (tertiary/aromatic N) is 2. The van der Waals surface area contributed by atoms with Gasteiger partial charge in [-0.05, 0) is 30.3 Å². The van der Waals surface area contributed by atoms with Crippen LogP contribution in [0.15, 0.2) is 47.6 Å². The summed E-state index contributed by atoms with van der Waals surface area (Å²) in [5.41, 5.74) is 5.98.